The molecule has 0 saturated heterocycles. The Morgan fingerprint density at radius 2 is 1.20 bits per heavy atom. The molecule has 0 radical (unpaired) electrons. The van der Waals surface area contributed by atoms with E-state index in [4.69, 9.17) is 15.5 Å². The molecule has 11 rings (SSSR count). The Kier molecular flexibility index (Phi) is 8.26. The number of aliphatic imine (C=N–C) groups is 1. The van der Waals surface area contributed by atoms with Gasteiger partial charge >= 0.3 is 0 Å². The molecule has 7 aromatic rings. The van der Waals surface area contributed by atoms with Gasteiger partial charge in [-0.25, -0.2) is 4.99 Å². The second-order valence-electron chi connectivity index (χ2n) is 15.3. The highest BCUT2D eigenvalue weighted by Gasteiger charge is 2.52. The normalized spacial score (nSPS) is 17.0. The van der Waals surface area contributed by atoms with Crippen LogP contribution < -0.4 is 21.1 Å². The van der Waals surface area contributed by atoms with Crippen LogP contribution in [0, 0.1) is 0 Å². The first-order valence-electron chi connectivity index (χ1n) is 20.2. The Morgan fingerprint density at radius 1 is 0.593 bits per heavy atom. The fourth-order valence-electron chi connectivity index (χ4n) is 9.28. The molecule has 282 valence electrons. The highest BCUT2D eigenvalue weighted by atomic mass is 16.5. The van der Waals surface area contributed by atoms with Gasteiger partial charge in [-0.1, -0.05) is 164 Å². The van der Waals surface area contributed by atoms with Crippen LogP contribution in [0.5, 0.6) is 11.5 Å². The van der Waals surface area contributed by atoms with Crippen LogP contribution in [0.3, 0.4) is 0 Å². The number of allylic oxidation sites excluding steroid dienone is 5. The minimum absolute atomic E-state index is 0.330. The van der Waals surface area contributed by atoms with Gasteiger partial charge in [0.1, 0.15) is 23.5 Å². The highest BCUT2D eigenvalue weighted by Crippen LogP contribution is 2.61. The van der Waals surface area contributed by atoms with Gasteiger partial charge < -0.3 is 21.1 Å². The lowest BCUT2D eigenvalue weighted by molar-refractivity contribution is 0.429. The molecule has 5 nitrogen and oxygen atoms in total. The van der Waals surface area contributed by atoms with E-state index in [0.29, 0.717) is 5.84 Å². The molecular formula is C54H40N4O. The molecule has 0 bridgehead atoms. The number of dihydropyridines is 2. The molecule has 0 saturated carbocycles. The van der Waals surface area contributed by atoms with Crippen molar-refractivity contribution >= 4 is 22.6 Å². The Hall–Kier alpha value is -7.63. The number of para-hydroxylation sites is 2. The summed E-state index contributed by atoms with van der Waals surface area (Å²) in [6, 6.07) is 61.9. The zero-order chi connectivity index (χ0) is 39.3. The van der Waals surface area contributed by atoms with Gasteiger partial charge in [-0.2, -0.15) is 0 Å². The number of nitrogens with one attached hydrogen (secondary N) is 2. The summed E-state index contributed by atoms with van der Waals surface area (Å²) in [4.78, 5) is 5.02. The molecule has 1 atom stereocenters. The number of nitrogens with zero attached hydrogens (tertiary/aromatic N) is 1. The summed E-state index contributed by atoms with van der Waals surface area (Å²) in [6.45, 7) is 0.779. The van der Waals surface area contributed by atoms with Crippen molar-refractivity contribution in [2.24, 2.45) is 10.7 Å². The lowest BCUT2D eigenvalue weighted by Gasteiger charge is -2.41. The van der Waals surface area contributed by atoms with Gasteiger partial charge in [0.25, 0.3) is 0 Å². The van der Waals surface area contributed by atoms with Gasteiger partial charge in [0.2, 0.25) is 0 Å². The largest absolute Gasteiger partial charge is 0.457 e. The Labute approximate surface area is 344 Å². The van der Waals surface area contributed by atoms with Crippen molar-refractivity contribution in [2.75, 3.05) is 6.54 Å². The number of rotatable bonds is 6. The molecule has 0 amide bonds. The number of hydrogen-bond donors (Lipinski definition) is 3. The van der Waals surface area contributed by atoms with Crippen LogP contribution in [-0.2, 0) is 5.41 Å². The minimum atomic E-state index is -0.531. The number of benzene rings is 7. The summed E-state index contributed by atoms with van der Waals surface area (Å²) in [5.74, 6) is 2.26. The van der Waals surface area contributed by atoms with Gasteiger partial charge in [-0.05, 0) is 80.4 Å². The molecular weight excluding hydrogens is 721 g/mol. The van der Waals surface area contributed by atoms with Crippen molar-refractivity contribution in [1.82, 2.24) is 10.6 Å². The monoisotopic (exact) mass is 760 g/mol. The van der Waals surface area contributed by atoms with Gasteiger partial charge in [-0.3, -0.25) is 0 Å². The number of ether oxygens (including phenoxy) is 1. The van der Waals surface area contributed by atoms with Crippen molar-refractivity contribution in [3.05, 3.63) is 245 Å². The lowest BCUT2D eigenvalue weighted by Crippen LogP contribution is -2.39. The van der Waals surface area contributed by atoms with Crippen molar-refractivity contribution in [3.63, 3.8) is 0 Å². The zero-order valence-corrected chi connectivity index (χ0v) is 32.3. The maximum atomic E-state index is 6.75. The fourth-order valence-corrected chi connectivity index (χ4v) is 9.28. The molecule has 1 spiro atoms. The molecule has 59 heavy (non-hydrogen) atoms. The van der Waals surface area contributed by atoms with Crippen LogP contribution in [0.1, 0.15) is 38.9 Å². The maximum absolute atomic E-state index is 6.75. The molecule has 7 aromatic carbocycles. The summed E-state index contributed by atoms with van der Waals surface area (Å²) in [5.41, 5.74) is 23.3. The van der Waals surface area contributed by atoms with Gasteiger partial charge in [-0.15, -0.1) is 0 Å². The van der Waals surface area contributed by atoms with Crippen LogP contribution >= 0.6 is 0 Å². The molecule has 1 aliphatic carbocycles. The predicted molar refractivity (Wildman–Crippen MR) is 241 cm³/mol. The minimum Gasteiger partial charge on any atom is -0.457 e. The number of hydrogen-bond acceptors (Lipinski definition) is 4. The van der Waals surface area contributed by atoms with E-state index < -0.39 is 5.41 Å². The molecule has 3 aliphatic heterocycles. The summed E-state index contributed by atoms with van der Waals surface area (Å²) < 4.78 is 6.55. The van der Waals surface area contributed by atoms with Gasteiger partial charge in [0, 0.05) is 46.3 Å². The standard InChI is InChI=1S/C54H40N4O/c55-52(58-53-45(37-15-5-2-6-16-37)32-42(34-57-53)35-13-3-1-4-14-35)38-26-24-36(25-27-38)39-17-11-18-40(31-39)41-28-29-43-44-19-12-30-56-51(44)54(48(43)33-41)46-20-7-9-22-49(46)59-50-23-10-8-21-47(50)54/h1-29,31-34,53,56-57H,30H2,(H2,55,58). The van der Waals surface area contributed by atoms with Crippen LogP contribution in [-0.4, -0.2) is 18.5 Å². The first kappa shape index (κ1) is 34.6. The second-order valence-corrected chi connectivity index (χ2v) is 15.3. The Morgan fingerprint density at radius 3 is 1.93 bits per heavy atom. The Bertz CT molecular complexity index is 2890. The van der Waals surface area contributed by atoms with Crippen molar-refractivity contribution in [2.45, 2.75) is 11.6 Å². The summed E-state index contributed by atoms with van der Waals surface area (Å²) in [6.07, 6.45) is 8.40. The van der Waals surface area contributed by atoms with Gasteiger partial charge in [0.15, 0.2) is 0 Å². The van der Waals surface area contributed by atoms with E-state index in [2.05, 4.69) is 193 Å². The smallest absolute Gasteiger partial charge is 0.147 e. The third kappa shape index (κ3) is 5.73. The fraction of sp³-hybridized carbons (Fsp3) is 0.0556. The topological polar surface area (TPSA) is 71.7 Å². The summed E-state index contributed by atoms with van der Waals surface area (Å²) >= 11 is 0. The summed E-state index contributed by atoms with van der Waals surface area (Å²) in [7, 11) is 0. The van der Waals surface area contributed by atoms with E-state index >= 15 is 0 Å². The van der Waals surface area contributed by atoms with E-state index in [9.17, 15) is 0 Å². The van der Waals surface area contributed by atoms with Crippen molar-refractivity contribution in [3.8, 4) is 33.8 Å². The SMILES string of the molecule is NC(=NC1NC=C(c2ccccc2)C=C1c1ccccc1)c1ccc(-c2cccc(-c3ccc4c(c3)C3(C5=C4C=CCN5)c4ccccc4Oc4ccccc43)c2)cc1. The molecule has 1 unspecified atom stereocenters. The van der Waals surface area contributed by atoms with E-state index in [-0.39, 0.29) is 6.17 Å². The first-order valence-corrected chi connectivity index (χ1v) is 20.2. The Balaban J connectivity index is 0.921. The quantitative estimate of drug-likeness (QED) is 0.117. The lowest BCUT2D eigenvalue weighted by atomic mass is 9.67. The van der Waals surface area contributed by atoms with Crippen LogP contribution in [0.15, 0.2) is 211 Å². The van der Waals surface area contributed by atoms with Crippen LogP contribution in [0.2, 0.25) is 0 Å². The van der Waals surface area contributed by atoms with Crippen LogP contribution in [0.25, 0.3) is 39.0 Å². The number of amidine groups is 1. The zero-order valence-electron chi connectivity index (χ0n) is 32.3. The van der Waals surface area contributed by atoms with Crippen LogP contribution in [0.4, 0.5) is 0 Å². The molecule has 5 heteroatoms. The number of nitrogens with two attached hydrogens (primary N) is 1. The summed E-state index contributed by atoms with van der Waals surface area (Å²) in [5, 5.41) is 7.35. The average Bonchev–Trinajstić information content (AvgIpc) is 3.59. The predicted octanol–water partition coefficient (Wildman–Crippen LogP) is 11.1. The van der Waals surface area contributed by atoms with E-state index in [1.807, 2.05) is 18.3 Å². The number of fused-ring (bicyclic) bond motifs is 8. The highest BCUT2D eigenvalue weighted by molar-refractivity contribution is 5.99. The van der Waals surface area contributed by atoms with Crippen molar-refractivity contribution in [1.29, 1.82) is 0 Å². The van der Waals surface area contributed by atoms with Gasteiger partial charge in [0.05, 0.1) is 5.41 Å². The average molecular weight is 761 g/mol. The first-order chi connectivity index (χ1) is 29.1. The molecule has 3 heterocycles. The van der Waals surface area contributed by atoms with E-state index in [0.717, 1.165) is 79.3 Å². The molecule has 4 aliphatic rings. The van der Waals surface area contributed by atoms with Crippen molar-refractivity contribution < 1.29 is 4.74 Å². The maximum Gasteiger partial charge on any atom is 0.147 e. The second kappa shape index (κ2) is 14.1. The third-order valence-corrected chi connectivity index (χ3v) is 12.0. The van der Waals surface area contributed by atoms with E-state index in [1.165, 1.54) is 22.4 Å². The molecule has 4 N–H and O–H groups in total. The molecule has 0 aromatic heterocycles. The van der Waals surface area contributed by atoms with E-state index in [1.54, 1.807) is 0 Å². The third-order valence-electron chi connectivity index (χ3n) is 12.0. The molecule has 0 fully saturated rings.